The maximum absolute atomic E-state index is 8.66. The molecule has 5 nitrogen and oxygen atoms in total. The second kappa shape index (κ2) is 4.15. The average Bonchev–Trinajstić information content (AvgIpc) is 2.63. The molecule has 0 saturated heterocycles. The van der Waals surface area contributed by atoms with Gasteiger partial charge in [0.2, 0.25) is 0 Å². The van der Waals surface area contributed by atoms with E-state index in [1.165, 1.54) is 6.33 Å². The number of nitrogens with zero attached hydrogens (tertiary/aromatic N) is 4. The standard InChI is InChI=1S/C9H12N4O/c14-4-2-1-3-13-7-12-8-5-10-6-11-9(8)13/h5-7,14H,1-4H2. The highest BCUT2D eigenvalue weighted by Gasteiger charge is 2.01. The number of aliphatic hydroxyl groups is 1. The van der Waals surface area contributed by atoms with Crippen LogP contribution in [0.25, 0.3) is 11.2 Å². The maximum atomic E-state index is 8.66. The highest BCUT2D eigenvalue weighted by molar-refractivity contribution is 5.68. The number of hydrogen-bond acceptors (Lipinski definition) is 4. The molecule has 1 N–H and O–H groups in total. The third-order valence-electron chi connectivity index (χ3n) is 2.09. The Morgan fingerprint density at radius 1 is 1.29 bits per heavy atom. The van der Waals surface area contributed by atoms with Gasteiger partial charge in [-0.2, -0.15) is 0 Å². The minimum atomic E-state index is 0.238. The molecule has 0 amide bonds. The number of rotatable bonds is 4. The monoisotopic (exact) mass is 192 g/mol. The van der Waals surface area contributed by atoms with Gasteiger partial charge < -0.3 is 9.67 Å². The molecule has 2 rings (SSSR count). The Balaban J connectivity index is 2.17. The van der Waals surface area contributed by atoms with E-state index in [-0.39, 0.29) is 6.61 Å². The fraction of sp³-hybridized carbons (Fsp3) is 0.444. The first-order valence-corrected chi connectivity index (χ1v) is 4.63. The molecule has 0 spiro atoms. The van der Waals surface area contributed by atoms with Gasteiger partial charge in [0.25, 0.3) is 0 Å². The molecule has 2 aromatic rings. The molecule has 0 bridgehead atoms. The van der Waals surface area contributed by atoms with Crippen LogP contribution in [0.4, 0.5) is 0 Å². The van der Waals surface area contributed by atoms with Gasteiger partial charge in [0.15, 0.2) is 5.65 Å². The van der Waals surface area contributed by atoms with E-state index in [1.54, 1.807) is 12.5 Å². The van der Waals surface area contributed by atoms with Crippen LogP contribution in [-0.2, 0) is 6.54 Å². The third-order valence-corrected chi connectivity index (χ3v) is 2.09. The Labute approximate surface area is 81.4 Å². The molecule has 0 atom stereocenters. The van der Waals surface area contributed by atoms with E-state index in [2.05, 4.69) is 15.0 Å². The first-order valence-electron chi connectivity index (χ1n) is 4.63. The fourth-order valence-electron chi connectivity index (χ4n) is 1.37. The predicted molar refractivity (Wildman–Crippen MR) is 51.6 cm³/mol. The number of aromatic nitrogens is 4. The molecule has 2 aromatic heterocycles. The van der Waals surface area contributed by atoms with Crippen molar-refractivity contribution in [2.75, 3.05) is 6.61 Å². The lowest BCUT2D eigenvalue weighted by atomic mass is 10.3. The van der Waals surface area contributed by atoms with E-state index in [1.807, 2.05) is 4.57 Å². The van der Waals surface area contributed by atoms with Crippen LogP contribution in [0.2, 0.25) is 0 Å². The second-order valence-electron chi connectivity index (χ2n) is 3.10. The SMILES string of the molecule is OCCCCn1cnc2cncnc21. The lowest BCUT2D eigenvalue weighted by Crippen LogP contribution is -1.98. The minimum absolute atomic E-state index is 0.238. The summed E-state index contributed by atoms with van der Waals surface area (Å²) < 4.78 is 1.98. The first-order chi connectivity index (χ1) is 6.92. The minimum Gasteiger partial charge on any atom is -0.396 e. The second-order valence-corrected chi connectivity index (χ2v) is 3.10. The largest absolute Gasteiger partial charge is 0.396 e. The van der Waals surface area contributed by atoms with Gasteiger partial charge in [0.1, 0.15) is 11.8 Å². The van der Waals surface area contributed by atoms with E-state index in [0.29, 0.717) is 0 Å². The van der Waals surface area contributed by atoms with Crippen LogP contribution in [0.15, 0.2) is 18.9 Å². The number of unbranched alkanes of at least 4 members (excludes halogenated alkanes) is 1. The summed E-state index contributed by atoms with van der Waals surface area (Å²) in [5, 5.41) is 8.66. The number of aliphatic hydroxyl groups excluding tert-OH is 1. The molecule has 0 aromatic carbocycles. The number of fused-ring (bicyclic) bond motifs is 1. The summed E-state index contributed by atoms with van der Waals surface area (Å²) in [7, 11) is 0. The van der Waals surface area contributed by atoms with Crippen LogP contribution in [0.5, 0.6) is 0 Å². The molecule has 0 aliphatic heterocycles. The molecule has 0 unspecified atom stereocenters. The van der Waals surface area contributed by atoms with Crippen LogP contribution < -0.4 is 0 Å². The maximum Gasteiger partial charge on any atom is 0.163 e. The van der Waals surface area contributed by atoms with Crippen molar-refractivity contribution in [3.8, 4) is 0 Å². The summed E-state index contributed by atoms with van der Waals surface area (Å²) in [6.07, 6.45) is 6.73. The summed E-state index contributed by atoms with van der Waals surface area (Å²) in [6.45, 7) is 1.08. The van der Waals surface area contributed by atoms with Crippen molar-refractivity contribution in [1.82, 2.24) is 19.5 Å². The molecule has 0 radical (unpaired) electrons. The average molecular weight is 192 g/mol. The molecule has 2 heterocycles. The summed E-state index contributed by atoms with van der Waals surface area (Å²) in [6, 6.07) is 0. The summed E-state index contributed by atoms with van der Waals surface area (Å²) >= 11 is 0. The Morgan fingerprint density at radius 3 is 3.07 bits per heavy atom. The first kappa shape index (κ1) is 9.08. The van der Waals surface area contributed by atoms with Gasteiger partial charge in [-0.15, -0.1) is 0 Å². The van der Waals surface area contributed by atoms with Crippen molar-refractivity contribution in [2.45, 2.75) is 19.4 Å². The molecular formula is C9H12N4O. The molecule has 14 heavy (non-hydrogen) atoms. The molecule has 0 saturated carbocycles. The zero-order chi connectivity index (χ0) is 9.80. The Bertz CT molecular complexity index is 412. The summed E-state index contributed by atoms with van der Waals surface area (Å²) in [4.78, 5) is 12.2. The summed E-state index contributed by atoms with van der Waals surface area (Å²) in [5.74, 6) is 0. The fourth-order valence-corrected chi connectivity index (χ4v) is 1.37. The Kier molecular flexibility index (Phi) is 2.69. The van der Waals surface area contributed by atoms with Crippen molar-refractivity contribution >= 4 is 11.2 Å². The van der Waals surface area contributed by atoms with E-state index in [4.69, 9.17) is 5.11 Å². The topological polar surface area (TPSA) is 63.8 Å². The quantitative estimate of drug-likeness (QED) is 0.720. The molecular weight excluding hydrogens is 180 g/mol. The van der Waals surface area contributed by atoms with Gasteiger partial charge in [-0.3, -0.25) is 0 Å². The highest BCUT2D eigenvalue weighted by Crippen LogP contribution is 2.08. The molecule has 0 aliphatic rings. The van der Waals surface area contributed by atoms with Crippen molar-refractivity contribution in [1.29, 1.82) is 0 Å². The van der Waals surface area contributed by atoms with Gasteiger partial charge in [-0.25, -0.2) is 15.0 Å². The molecule has 74 valence electrons. The zero-order valence-corrected chi connectivity index (χ0v) is 7.80. The molecule has 0 aliphatic carbocycles. The Hall–Kier alpha value is -1.49. The lowest BCUT2D eigenvalue weighted by molar-refractivity contribution is 0.281. The van der Waals surface area contributed by atoms with Crippen molar-refractivity contribution in [2.24, 2.45) is 0 Å². The van der Waals surface area contributed by atoms with Crippen LogP contribution in [-0.4, -0.2) is 31.2 Å². The van der Waals surface area contributed by atoms with Gasteiger partial charge >= 0.3 is 0 Å². The van der Waals surface area contributed by atoms with E-state index >= 15 is 0 Å². The van der Waals surface area contributed by atoms with Crippen LogP contribution in [0.3, 0.4) is 0 Å². The number of imidazole rings is 1. The molecule has 0 fully saturated rings. The van der Waals surface area contributed by atoms with Crippen molar-refractivity contribution in [3.63, 3.8) is 0 Å². The van der Waals surface area contributed by atoms with Crippen LogP contribution in [0, 0.1) is 0 Å². The lowest BCUT2D eigenvalue weighted by Gasteiger charge is -2.01. The van der Waals surface area contributed by atoms with Crippen molar-refractivity contribution in [3.05, 3.63) is 18.9 Å². The highest BCUT2D eigenvalue weighted by atomic mass is 16.2. The van der Waals surface area contributed by atoms with Gasteiger partial charge in [-0.1, -0.05) is 0 Å². The Morgan fingerprint density at radius 2 is 2.21 bits per heavy atom. The van der Waals surface area contributed by atoms with Gasteiger partial charge in [0.05, 0.1) is 12.5 Å². The van der Waals surface area contributed by atoms with E-state index in [9.17, 15) is 0 Å². The van der Waals surface area contributed by atoms with Crippen LogP contribution in [0.1, 0.15) is 12.8 Å². The van der Waals surface area contributed by atoms with Crippen molar-refractivity contribution < 1.29 is 5.11 Å². The van der Waals surface area contributed by atoms with Gasteiger partial charge in [0, 0.05) is 13.2 Å². The van der Waals surface area contributed by atoms with E-state index in [0.717, 1.165) is 30.6 Å². The van der Waals surface area contributed by atoms with Gasteiger partial charge in [-0.05, 0) is 12.8 Å². The normalized spacial score (nSPS) is 10.9. The summed E-state index contributed by atoms with van der Waals surface area (Å²) in [5.41, 5.74) is 1.68. The van der Waals surface area contributed by atoms with E-state index < -0.39 is 0 Å². The molecule has 5 heteroatoms. The zero-order valence-electron chi connectivity index (χ0n) is 7.80. The van der Waals surface area contributed by atoms with Crippen LogP contribution >= 0.6 is 0 Å². The third kappa shape index (κ3) is 1.72. The number of hydrogen-bond donors (Lipinski definition) is 1. The predicted octanol–water partition coefficient (Wildman–Crippen LogP) is 0.599. The number of aryl methyl sites for hydroxylation is 1. The smallest absolute Gasteiger partial charge is 0.163 e.